The Balaban J connectivity index is 0.00000288. The minimum absolute atomic E-state index is 0. The third-order valence-corrected chi connectivity index (χ3v) is 3.66. The number of hydrogen-bond acceptors (Lipinski definition) is 3. The van der Waals surface area contributed by atoms with E-state index < -0.39 is 0 Å². The fourth-order valence-corrected chi connectivity index (χ4v) is 2.52. The van der Waals surface area contributed by atoms with Crippen molar-refractivity contribution in [3.05, 3.63) is 58.9 Å². The first kappa shape index (κ1) is 20.4. The molecule has 0 bridgehead atoms. The smallest absolute Gasteiger partial charge is 0.307 e. The van der Waals surface area contributed by atoms with E-state index in [0.717, 1.165) is 11.1 Å². The van der Waals surface area contributed by atoms with Crippen molar-refractivity contribution in [3.8, 4) is 11.1 Å². The second-order valence-electron chi connectivity index (χ2n) is 5.29. The van der Waals surface area contributed by atoms with Gasteiger partial charge in [-0.15, -0.1) is 12.4 Å². The molecule has 0 saturated heterocycles. The van der Waals surface area contributed by atoms with Gasteiger partial charge in [0.25, 0.3) is 0 Å². The molecule has 2 rings (SSSR count). The summed E-state index contributed by atoms with van der Waals surface area (Å²) in [6.45, 7) is 2.11. The lowest BCUT2D eigenvalue weighted by molar-refractivity contribution is -0.143. The predicted octanol–water partition coefficient (Wildman–Crippen LogP) is 4.39. The van der Waals surface area contributed by atoms with Gasteiger partial charge in [-0.25, -0.2) is 4.39 Å². The van der Waals surface area contributed by atoms with E-state index in [-0.39, 0.29) is 36.7 Å². The van der Waals surface area contributed by atoms with E-state index in [2.05, 4.69) is 0 Å². The summed E-state index contributed by atoms with van der Waals surface area (Å²) in [5.74, 6) is -0.612. The Morgan fingerprint density at radius 1 is 1.25 bits per heavy atom. The maximum absolute atomic E-state index is 13.9. The predicted molar refractivity (Wildman–Crippen MR) is 97.0 cm³/mol. The maximum Gasteiger partial charge on any atom is 0.307 e. The Morgan fingerprint density at radius 2 is 1.92 bits per heavy atom. The molecule has 0 heterocycles. The third-order valence-electron chi connectivity index (χ3n) is 3.43. The number of rotatable bonds is 6. The largest absolute Gasteiger partial charge is 0.466 e. The van der Waals surface area contributed by atoms with Crippen LogP contribution in [0.3, 0.4) is 0 Å². The lowest BCUT2D eigenvalue weighted by Gasteiger charge is -2.11. The van der Waals surface area contributed by atoms with Crippen LogP contribution in [0, 0.1) is 5.82 Å². The molecule has 0 spiro atoms. The molecule has 0 aromatic heterocycles. The molecule has 0 unspecified atom stereocenters. The first-order valence-corrected chi connectivity index (χ1v) is 7.83. The molecule has 0 fully saturated rings. The second-order valence-corrected chi connectivity index (χ2v) is 5.73. The summed E-state index contributed by atoms with van der Waals surface area (Å²) in [5, 5.41) is 0.488. The summed E-state index contributed by atoms with van der Waals surface area (Å²) in [5.41, 5.74) is 8.13. The van der Waals surface area contributed by atoms with Crippen molar-refractivity contribution in [3.63, 3.8) is 0 Å². The van der Waals surface area contributed by atoms with Gasteiger partial charge in [0, 0.05) is 16.6 Å². The summed E-state index contributed by atoms with van der Waals surface area (Å²) in [6, 6.07) is 11.6. The fraction of sp³-hybridized carbons (Fsp3) is 0.278. The highest BCUT2D eigenvalue weighted by Gasteiger charge is 2.12. The monoisotopic (exact) mass is 371 g/mol. The average Bonchev–Trinajstić information content (AvgIpc) is 2.50. The van der Waals surface area contributed by atoms with Crippen LogP contribution in [0.15, 0.2) is 42.5 Å². The van der Waals surface area contributed by atoms with Crippen LogP contribution in [0.2, 0.25) is 5.02 Å². The second kappa shape index (κ2) is 9.62. The zero-order valence-electron chi connectivity index (χ0n) is 13.3. The number of halogens is 3. The minimum Gasteiger partial charge on any atom is -0.466 e. The van der Waals surface area contributed by atoms with Crippen molar-refractivity contribution in [2.75, 3.05) is 6.61 Å². The van der Waals surface area contributed by atoms with E-state index in [9.17, 15) is 9.18 Å². The van der Waals surface area contributed by atoms with Crippen molar-refractivity contribution in [2.24, 2.45) is 5.73 Å². The summed E-state index contributed by atoms with van der Waals surface area (Å²) in [7, 11) is 0. The van der Waals surface area contributed by atoms with Crippen LogP contribution in [0.25, 0.3) is 11.1 Å². The Labute approximate surface area is 152 Å². The standard InChI is InChI=1S/C18H19ClFNO2.ClH/c1-2-23-18(22)11-15(21)9-12-3-5-13(6-4-12)16-10-14(19)7-8-17(16)20;/h3-8,10,15H,2,9,11,21H2,1H3;1H/t15-;/m1./s1. The molecule has 0 aliphatic heterocycles. The lowest BCUT2D eigenvalue weighted by Crippen LogP contribution is -2.27. The summed E-state index contributed by atoms with van der Waals surface area (Å²) < 4.78 is 18.7. The van der Waals surface area contributed by atoms with Crippen molar-refractivity contribution in [2.45, 2.75) is 25.8 Å². The number of nitrogens with two attached hydrogens (primary N) is 1. The van der Waals surface area contributed by atoms with Gasteiger partial charge in [0.2, 0.25) is 0 Å². The van der Waals surface area contributed by atoms with Crippen molar-refractivity contribution < 1.29 is 13.9 Å². The van der Waals surface area contributed by atoms with E-state index in [1.807, 2.05) is 24.3 Å². The molecule has 0 radical (unpaired) electrons. The molecule has 24 heavy (non-hydrogen) atoms. The van der Waals surface area contributed by atoms with E-state index in [1.165, 1.54) is 12.1 Å². The zero-order chi connectivity index (χ0) is 16.8. The highest BCUT2D eigenvalue weighted by molar-refractivity contribution is 6.30. The third kappa shape index (κ3) is 5.78. The van der Waals surface area contributed by atoms with Gasteiger partial charge in [-0.2, -0.15) is 0 Å². The zero-order valence-corrected chi connectivity index (χ0v) is 14.9. The van der Waals surface area contributed by atoms with Crippen LogP contribution < -0.4 is 5.73 Å². The number of carbonyl (C=O) groups is 1. The van der Waals surface area contributed by atoms with Gasteiger partial charge in [-0.05, 0) is 42.7 Å². The highest BCUT2D eigenvalue weighted by atomic mass is 35.5. The van der Waals surface area contributed by atoms with Gasteiger partial charge in [-0.1, -0.05) is 35.9 Å². The number of ether oxygens (including phenoxy) is 1. The van der Waals surface area contributed by atoms with Crippen molar-refractivity contribution in [1.82, 2.24) is 0 Å². The summed E-state index contributed by atoms with van der Waals surface area (Å²) >= 11 is 5.91. The molecule has 2 N–H and O–H groups in total. The van der Waals surface area contributed by atoms with Gasteiger partial charge in [0.1, 0.15) is 5.82 Å². The average molecular weight is 372 g/mol. The molecular formula is C18H20Cl2FNO2. The van der Waals surface area contributed by atoms with Crippen LogP contribution >= 0.6 is 24.0 Å². The van der Waals surface area contributed by atoms with Crippen LogP contribution in [0.4, 0.5) is 4.39 Å². The van der Waals surface area contributed by atoms with E-state index in [1.54, 1.807) is 13.0 Å². The Hall–Kier alpha value is -1.62. The highest BCUT2D eigenvalue weighted by Crippen LogP contribution is 2.26. The summed E-state index contributed by atoms with van der Waals surface area (Å²) in [4.78, 5) is 11.4. The van der Waals surface area contributed by atoms with E-state index in [4.69, 9.17) is 22.1 Å². The number of carbonyl (C=O) groups excluding carboxylic acids is 1. The molecule has 0 aliphatic rings. The molecule has 0 amide bonds. The van der Waals surface area contributed by atoms with Gasteiger partial charge >= 0.3 is 5.97 Å². The van der Waals surface area contributed by atoms with Crippen molar-refractivity contribution >= 4 is 30.0 Å². The fourth-order valence-electron chi connectivity index (χ4n) is 2.35. The first-order chi connectivity index (χ1) is 11.0. The van der Waals surface area contributed by atoms with Gasteiger partial charge in [0.15, 0.2) is 0 Å². The van der Waals surface area contributed by atoms with Gasteiger partial charge < -0.3 is 10.5 Å². The van der Waals surface area contributed by atoms with Crippen LogP contribution in [-0.4, -0.2) is 18.6 Å². The molecule has 130 valence electrons. The molecule has 2 aromatic rings. The van der Waals surface area contributed by atoms with E-state index in [0.29, 0.717) is 23.6 Å². The van der Waals surface area contributed by atoms with Crippen molar-refractivity contribution in [1.29, 1.82) is 0 Å². The molecule has 1 atom stereocenters. The Morgan fingerprint density at radius 3 is 2.54 bits per heavy atom. The van der Waals surface area contributed by atoms with Crippen LogP contribution in [0.5, 0.6) is 0 Å². The molecular weight excluding hydrogens is 352 g/mol. The Kier molecular flexibility index (Phi) is 8.19. The Bertz CT molecular complexity index is 677. The lowest BCUT2D eigenvalue weighted by atomic mass is 9.99. The molecule has 6 heteroatoms. The van der Waals surface area contributed by atoms with Gasteiger partial charge in [-0.3, -0.25) is 4.79 Å². The first-order valence-electron chi connectivity index (χ1n) is 7.45. The maximum atomic E-state index is 13.9. The van der Waals surface area contributed by atoms with Crippen LogP contribution in [0.1, 0.15) is 18.9 Å². The molecule has 0 aliphatic carbocycles. The SMILES string of the molecule is CCOC(=O)C[C@H](N)Cc1ccc(-c2cc(Cl)ccc2F)cc1.Cl. The number of esters is 1. The number of hydrogen-bond donors (Lipinski definition) is 1. The number of benzene rings is 2. The normalized spacial score (nSPS) is 11.5. The van der Waals surface area contributed by atoms with Crippen LogP contribution in [-0.2, 0) is 16.0 Å². The van der Waals surface area contributed by atoms with Gasteiger partial charge in [0.05, 0.1) is 13.0 Å². The quantitative estimate of drug-likeness (QED) is 0.766. The molecule has 0 saturated carbocycles. The topological polar surface area (TPSA) is 52.3 Å². The summed E-state index contributed by atoms with van der Waals surface area (Å²) in [6.07, 6.45) is 0.732. The minimum atomic E-state index is -0.318. The molecule has 2 aromatic carbocycles. The molecule has 3 nitrogen and oxygen atoms in total. The van der Waals surface area contributed by atoms with E-state index >= 15 is 0 Å².